The molecule has 0 atom stereocenters. The molecule has 1 saturated heterocycles. The van der Waals surface area contributed by atoms with Crippen molar-refractivity contribution >= 4 is 11.8 Å². The summed E-state index contributed by atoms with van der Waals surface area (Å²) in [5.74, 6) is 0.778. The Morgan fingerprint density at radius 2 is 1.79 bits per heavy atom. The lowest BCUT2D eigenvalue weighted by Crippen LogP contribution is -2.29. The molecule has 3 rings (SSSR count). The summed E-state index contributed by atoms with van der Waals surface area (Å²) in [6, 6.07) is 9.56. The first-order chi connectivity index (χ1) is 11.8. The second kappa shape index (κ2) is 8.40. The van der Waals surface area contributed by atoms with Gasteiger partial charge in [-0.1, -0.05) is 36.8 Å². The number of amides is 1. The molecule has 1 fully saturated rings. The fraction of sp³-hybridized carbons (Fsp3) is 0.389. The van der Waals surface area contributed by atoms with E-state index in [0.717, 1.165) is 31.0 Å². The summed E-state index contributed by atoms with van der Waals surface area (Å²) in [5, 5.41) is 2.64. The number of nitrogens with zero attached hydrogens (tertiary/aromatic N) is 3. The molecule has 1 amide bonds. The number of nitrogens with one attached hydrogen (secondary N) is 1. The fourth-order valence-electron chi connectivity index (χ4n) is 2.70. The van der Waals surface area contributed by atoms with E-state index >= 15 is 0 Å². The van der Waals surface area contributed by atoms with Crippen molar-refractivity contribution in [2.24, 2.45) is 0 Å². The van der Waals surface area contributed by atoms with Crippen molar-refractivity contribution in [3.8, 4) is 0 Å². The van der Waals surface area contributed by atoms with Gasteiger partial charge in [-0.05, 0) is 31.5 Å². The zero-order valence-corrected chi connectivity index (χ0v) is 13.6. The van der Waals surface area contributed by atoms with E-state index in [0.29, 0.717) is 5.69 Å². The van der Waals surface area contributed by atoms with E-state index in [4.69, 9.17) is 4.74 Å². The van der Waals surface area contributed by atoms with E-state index < -0.39 is 6.09 Å². The highest BCUT2D eigenvalue weighted by Crippen LogP contribution is 2.12. The predicted octanol–water partition coefficient (Wildman–Crippen LogP) is 3.21. The zero-order chi connectivity index (χ0) is 16.6. The van der Waals surface area contributed by atoms with Gasteiger partial charge < -0.3 is 4.74 Å². The van der Waals surface area contributed by atoms with Gasteiger partial charge in [-0.3, -0.25) is 10.2 Å². The van der Waals surface area contributed by atoms with Crippen LogP contribution in [0.15, 0.2) is 42.7 Å². The predicted molar refractivity (Wildman–Crippen MR) is 91.4 cm³/mol. The van der Waals surface area contributed by atoms with Crippen LogP contribution in [0, 0.1) is 0 Å². The number of benzene rings is 1. The number of likely N-dealkylation sites (tertiary alicyclic amines) is 1. The molecule has 6 heteroatoms. The minimum absolute atomic E-state index is 0.237. The standard InChI is InChI=1S/C18H22N4O2/c23-18(24-14-15-7-3-1-4-8-15)21-16-11-19-17(20-12-16)13-22-9-5-2-6-10-22/h1,3-4,7-8,11-12H,2,5-6,9-10,13-14H2,(H,21,23). The minimum atomic E-state index is -0.508. The van der Waals surface area contributed by atoms with E-state index in [1.165, 1.54) is 19.3 Å². The van der Waals surface area contributed by atoms with Crippen LogP contribution in [0.25, 0.3) is 0 Å². The molecule has 0 saturated carbocycles. The first kappa shape index (κ1) is 16.4. The number of carbonyl (C=O) groups is 1. The molecular formula is C18H22N4O2. The highest BCUT2D eigenvalue weighted by Gasteiger charge is 2.12. The molecule has 0 unspecified atom stereocenters. The quantitative estimate of drug-likeness (QED) is 0.914. The van der Waals surface area contributed by atoms with Crippen LogP contribution in [0.4, 0.5) is 10.5 Å². The van der Waals surface area contributed by atoms with Gasteiger partial charge >= 0.3 is 6.09 Å². The smallest absolute Gasteiger partial charge is 0.412 e. The maximum absolute atomic E-state index is 11.8. The Bertz CT molecular complexity index is 640. The van der Waals surface area contributed by atoms with Crippen LogP contribution in [-0.2, 0) is 17.9 Å². The second-order valence-electron chi connectivity index (χ2n) is 5.91. The van der Waals surface area contributed by atoms with Crippen molar-refractivity contribution in [1.82, 2.24) is 14.9 Å². The molecule has 1 aromatic heterocycles. The van der Waals surface area contributed by atoms with Gasteiger partial charge in [-0.2, -0.15) is 0 Å². The van der Waals surface area contributed by atoms with Gasteiger partial charge in [0.1, 0.15) is 12.4 Å². The normalized spacial score (nSPS) is 15.0. The van der Waals surface area contributed by atoms with Crippen molar-refractivity contribution in [3.05, 3.63) is 54.1 Å². The summed E-state index contributed by atoms with van der Waals surface area (Å²) in [5.41, 5.74) is 1.48. The van der Waals surface area contributed by atoms with Gasteiger partial charge in [0.05, 0.1) is 24.6 Å². The van der Waals surface area contributed by atoms with E-state index in [1.807, 2.05) is 30.3 Å². The summed E-state index contributed by atoms with van der Waals surface area (Å²) in [7, 11) is 0. The Kier molecular flexibility index (Phi) is 5.74. The minimum Gasteiger partial charge on any atom is -0.444 e. The molecule has 1 N–H and O–H groups in total. The summed E-state index contributed by atoms with van der Waals surface area (Å²) in [6.07, 6.45) is 6.53. The number of ether oxygens (including phenoxy) is 1. The number of piperidine rings is 1. The monoisotopic (exact) mass is 326 g/mol. The Morgan fingerprint density at radius 3 is 2.50 bits per heavy atom. The Labute approximate surface area is 141 Å². The molecule has 6 nitrogen and oxygen atoms in total. The Balaban J connectivity index is 1.45. The van der Waals surface area contributed by atoms with Crippen molar-refractivity contribution in [2.75, 3.05) is 18.4 Å². The topological polar surface area (TPSA) is 67.4 Å². The first-order valence-electron chi connectivity index (χ1n) is 8.30. The SMILES string of the molecule is O=C(Nc1cnc(CN2CCCCC2)nc1)OCc1ccccc1. The van der Waals surface area contributed by atoms with Crippen molar-refractivity contribution in [3.63, 3.8) is 0 Å². The molecule has 0 spiro atoms. The number of hydrogen-bond donors (Lipinski definition) is 1. The molecule has 1 aliphatic rings. The average Bonchev–Trinajstić information content (AvgIpc) is 2.63. The third kappa shape index (κ3) is 5.03. The number of aromatic nitrogens is 2. The average molecular weight is 326 g/mol. The van der Waals surface area contributed by atoms with Crippen LogP contribution in [0.5, 0.6) is 0 Å². The van der Waals surface area contributed by atoms with Crippen LogP contribution < -0.4 is 5.32 Å². The van der Waals surface area contributed by atoms with Crippen LogP contribution in [0.3, 0.4) is 0 Å². The third-order valence-electron chi connectivity index (χ3n) is 3.98. The van der Waals surface area contributed by atoms with Crippen LogP contribution in [0.2, 0.25) is 0 Å². The van der Waals surface area contributed by atoms with Crippen molar-refractivity contribution in [1.29, 1.82) is 0 Å². The molecule has 1 aromatic carbocycles. The first-order valence-corrected chi connectivity index (χ1v) is 8.30. The van der Waals surface area contributed by atoms with Crippen molar-refractivity contribution < 1.29 is 9.53 Å². The van der Waals surface area contributed by atoms with Gasteiger partial charge in [0, 0.05) is 0 Å². The van der Waals surface area contributed by atoms with E-state index in [-0.39, 0.29) is 6.61 Å². The van der Waals surface area contributed by atoms with Gasteiger partial charge in [-0.15, -0.1) is 0 Å². The highest BCUT2D eigenvalue weighted by molar-refractivity contribution is 5.83. The summed E-state index contributed by atoms with van der Waals surface area (Å²) < 4.78 is 5.17. The van der Waals surface area contributed by atoms with E-state index in [2.05, 4.69) is 20.2 Å². The fourth-order valence-corrected chi connectivity index (χ4v) is 2.70. The van der Waals surface area contributed by atoms with Gasteiger partial charge in [-0.25, -0.2) is 14.8 Å². The van der Waals surface area contributed by atoms with E-state index in [9.17, 15) is 4.79 Å². The largest absolute Gasteiger partial charge is 0.444 e. The third-order valence-corrected chi connectivity index (χ3v) is 3.98. The molecule has 0 radical (unpaired) electrons. The zero-order valence-electron chi connectivity index (χ0n) is 13.6. The summed E-state index contributed by atoms with van der Waals surface area (Å²) in [6.45, 7) is 3.21. The molecule has 24 heavy (non-hydrogen) atoms. The summed E-state index contributed by atoms with van der Waals surface area (Å²) in [4.78, 5) is 22.8. The molecule has 1 aliphatic heterocycles. The van der Waals surface area contributed by atoms with Crippen LogP contribution in [-0.4, -0.2) is 34.1 Å². The Hall–Kier alpha value is -2.47. The molecule has 2 aromatic rings. The number of hydrogen-bond acceptors (Lipinski definition) is 5. The number of anilines is 1. The van der Waals surface area contributed by atoms with Gasteiger partial charge in [0.15, 0.2) is 0 Å². The Morgan fingerprint density at radius 1 is 1.08 bits per heavy atom. The maximum atomic E-state index is 11.8. The lowest BCUT2D eigenvalue weighted by Gasteiger charge is -2.25. The molecular weight excluding hydrogens is 304 g/mol. The number of carbonyl (C=O) groups excluding carboxylic acids is 1. The highest BCUT2D eigenvalue weighted by atomic mass is 16.5. The molecule has 2 heterocycles. The lowest BCUT2D eigenvalue weighted by molar-refractivity contribution is 0.155. The molecule has 0 bridgehead atoms. The molecule has 0 aliphatic carbocycles. The summed E-state index contributed by atoms with van der Waals surface area (Å²) >= 11 is 0. The lowest BCUT2D eigenvalue weighted by atomic mass is 10.1. The van der Waals surface area contributed by atoms with Crippen molar-refractivity contribution in [2.45, 2.75) is 32.4 Å². The molecule has 126 valence electrons. The number of rotatable bonds is 5. The maximum Gasteiger partial charge on any atom is 0.412 e. The van der Waals surface area contributed by atoms with Gasteiger partial charge in [0.25, 0.3) is 0 Å². The van der Waals surface area contributed by atoms with Crippen LogP contribution >= 0.6 is 0 Å². The van der Waals surface area contributed by atoms with E-state index in [1.54, 1.807) is 12.4 Å². The van der Waals surface area contributed by atoms with Gasteiger partial charge in [0.2, 0.25) is 0 Å². The van der Waals surface area contributed by atoms with Crippen LogP contribution in [0.1, 0.15) is 30.7 Å². The second-order valence-corrected chi connectivity index (χ2v) is 5.91.